The van der Waals surface area contributed by atoms with Crippen LogP contribution in [-0.2, 0) is 14.3 Å². The molecule has 4 rings (SSSR count). The monoisotopic (exact) mass is 377 g/mol. The van der Waals surface area contributed by atoms with Gasteiger partial charge in [0.25, 0.3) is 0 Å². The standard InChI is InChI=1S/C18H23N3O4S/c1-23-14-3-2-13(21-6-10-25-11-7-21)16-15(14)19-18(26-16)20-17(22)12-4-8-24-9-5-12/h2-3,12H,4-11H2,1H3,(H,19,20,22). The third-order valence-electron chi connectivity index (χ3n) is 4.88. The molecule has 1 aromatic heterocycles. The molecule has 2 aliphatic rings. The lowest BCUT2D eigenvalue weighted by Gasteiger charge is -2.29. The zero-order valence-electron chi connectivity index (χ0n) is 14.8. The predicted octanol–water partition coefficient (Wildman–Crippen LogP) is 2.51. The number of nitrogens with zero attached hydrogens (tertiary/aromatic N) is 2. The van der Waals surface area contributed by atoms with Crippen LogP contribution in [0.2, 0.25) is 0 Å². The highest BCUT2D eigenvalue weighted by Crippen LogP contribution is 2.39. The van der Waals surface area contributed by atoms with E-state index in [1.54, 1.807) is 7.11 Å². The molecule has 7 nitrogen and oxygen atoms in total. The van der Waals surface area contributed by atoms with E-state index in [-0.39, 0.29) is 11.8 Å². The summed E-state index contributed by atoms with van der Waals surface area (Å²) in [6.45, 7) is 4.44. The maximum absolute atomic E-state index is 12.5. The SMILES string of the molecule is COc1ccc(N2CCOCC2)c2sc(NC(=O)C3CCOCC3)nc12. The highest BCUT2D eigenvalue weighted by atomic mass is 32.1. The molecule has 0 radical (unpaired) electrons. The van der Waals surface area contributed by atoms with Gasteiger partial charge in [-0.1, -0.05) is 11.3 Å². The molecule has 0 unspecified atom stereocenters. The van der Waals surface area contributed by atoms with E-state index in [0.29, 0.717) is 18.3 Å². The molecule has 1 amide bonds. The molecule has 26 heavy (non-hydrogen) atoms. The summed E-state index contributed by atoms with van der Waals surface area (Å²) in [7, 11) is 1.64. The topological polar surface area (TPSA) is 72.9 Å². The molecule has 0 aliphatic carbocycles. The number of benzene rings is 1. The minimum absolute atomic E-state index is 0.00336. The zero-order chi connectivity index (χ0) is 17.9. The molecule has 1 aromatic carbocycles. The number of hydrogen-bond acceptors (Lipinski definition) is 7. The van der Waals surface area contributed by atoms with Gasteiger partial charge < -0.3 is 24.4 Å². The van der Waals surface area contributed by atoms with E-state index in [2.05, 4.69) is 21.3 Å². The lowest BCUT2D eigenvalue weighted by atomic mass is 10.00. The molecule has 0 atom stereocenters. The van der Waals surface area contributed by atoms with E-state index >= 15 is 0 Å². The molecule has 8 heteroatoms. The molecule has 0 bridgehead atoms. The third kappa shape index (κ3) is 3.49. The normalized spacial score (nSPS) is 18.9. The van der Waals surface area contributed by atoms with Crippen molar-refractivity contribution in [3.63, 3.8) is 0 Å². The molecule has 2 aromatic rings. The summed E-state index contributed by atoms with van der Waals surface area (Å²) in [5, 5.41) is 3.62. The Morgan fingerprint density at radius 2 is 1.96 bits per heavy atom. The summed E-state index contributed by atoms with van der Waals surface area (Å²) in [5.41, 5.74) is 1.91. The van der Waals surface area contributed by atoms with E-state index < -0.39 is 0 Å². The number of anilines is 2. The minimum atomic E-state index is -0.00336. The summed E-state index contributed by atoms with van der Waals surface area (Å²) in [6, 6.07) is 4.01. The zero-order valence-corrected chi connectivity index (χ0v) is 15.6. The fourth-order valence-electron chi connectivity index (χ4n) is 3.41. The number of ether oxygens (including phenoxy) is 3. The summed E-state index contributed by atoms with van der Waals surface area (Å²) in [6.07, 6.45) is 1.53. The summed E-state index contributed by atoms with van der Waals surface area (Å²) in [5.74, 6) is 0.746. The van der Waals surface area contributed by atoms with Crippen molar-refractivity contribution in [1.29, 1.82) is 0 Å². The van der Waals surface area contributed by atoms with Crippen molar-refractivity contribution in [2.24, 2.45) is 5.92 Å². The van der Waals surface area contributed by atoms with Crippen molar-refractivity contribution < 1.29 is 19.0 Å². The van der Waals surface area contributed by atoms with Gasteiger partial charge in [0, 0.05) is 32.2 Å². The van der Waals surface area contributed by atoms with Crippen LogP contribution >= 0.6 is 11.3 Å². The first-order valence-corrected chi connectivity index (χ1v) is 9.77. The Labute approximate surface area is 156 Å². The van der Waals surface area contributed by atoms with Gasteiger partial charge in [-0.15, -0.1) is 0 Å². The maximum atomic E-state index is 12.5. The number of aromatic nitrogens is 1. The van der Waals surface area contributed by atoms with Gasteiger partial charge in [0.1, 0.15) is 11.3 Å². The summed E-state index contributed by atoms with van der Waals surface area (Å²) < 4.78 is 17.3. The molecule has 0 spiro atoms. The number of morpholine rings is 1. The first-order chi connectivity index (χ1) is 12.8. The Hall–Kier alpha value is -1.90. The fourth-order valence-corrected chi connectivity index (χ4v) is 4.44. The van der Waals surface area contributed by atoms with E-state index in [1.165, 1.54) is 11.3 Å². The summed E-state index contributed by atoms with van der Waals surface area (Å²) in [4.78, 5) is 19.5. The van der Waals surface area contributed by atoms with E-state index in [9.17, 15) is 4.79 Å². The maximum Gasteiger partial charge on any atom is 0.229 e. The minimum Gasteiger partial charge on any atom is -0.494 e. The van der Waals surface area contributed by atoms with Crippen LogP contribution in [0.15, 0.2) is 12.1 Å². The van der Waals surface area contributed by atoms with Crippen LogP contribution in [0.5, 0.6) is 5.75 Å². The van der Waals surface area contributed by atoms with Crippen molar-refractivity contribution in [3.05, 3.63) is 12.1 Å². The Balaban J connectivity index is 1.62. The molecular formula is C18H23N3O4S. The largest absolute Gasteiger partial charge is 0.494 e. The molecule has 2 fully saturated rings. The van der Waals surface area contributed by atoms with Crippen molar-refractivity contribution in [2.45, 2.75) is 12.8 Å². The second-order valence-electron chi connectivity index (χ2n) is 6.46. The number of fused-ring (bicyclic) bond motifs is 1. The lowest BCUT2D eigenvalue weighted by Crippen LogP contribution is -2.36. The number of carbonyl (C=O) groups excluding carboxylic acids is 1. The molecule has 140 valence electrons. The smallest absolute Gasteiger partial charge is 0.229 e. The van der Waals surface area contributed by atoms with Gasteiger partial charge in [0.15, 0.2) is 5.13 Å². The number of carbonyl (C=O) groups is 1. The number of hydrogen-bond donors (Lipinski definition) is 1. The Bertz CT molecular complexity index is 782. The van der Waals surface area contributed by atoms with Gasteiger partial charge in [-0.3, -0.25) is 4.79 Å². The number of rotatable bonds is 4. The predicted molar refractivity (Wildman–Crippen MR) is 101 cm³/mol. The second-order valence-corrected chi connectivity index (χ2v) is 7.46. The van der Waals surface area contributed by atoms with Gasteiger partial charge in [0.05, 0.1) is 30.7 Å². The number of methoxy groups -OCH3 is 1. The highest BCUT2D eigenvalue weighted by molar-refractivity contribution is 7.23. The van der Waals surface area contributed by atoms with E-state index in [1.807, 2.05) is 6.07 Å². The van der Waals surface area contributed by atoms with Crippen LogP contribution in [-0.4, -0.2) is 57.5 Å². The summed E-state index contributed by atoms with van der Waals surface area (Å²) >= 11 is 1.50. The van der Waals surface area contributed by atoms with E-state index in [0.717, 1.165) is 60.8 Å². The number of amides is 1. The van der Waals surface area contributed by atoms with Crippen LogP contribution in [0, 0.1) is 5.92 Å². The van der Waals surface area contributed by atoms with Crippen molar-refractivity contribution >= 4 is 38.3 Å². The van der Waals surface area contributed by atoms with E-state index in [4.69, 9.17) is 14.2 Å². The van der Waals surface area contributed by atoms with Gasteiger partial charge in [0.2, 0.25) is 5.91 Å². The third-order valence-corrected chi connectivity index (χ3v) is 5.87. The van der Waals surface area contributed by atoms with Crippen LogP contribution in [0.3, 0.4) is 0 Å². The van der Waals surface area contributed by atoms with Gasteiger partial charge in [-0.05, 0) is 25.0 Å². The molecule has 0 saturated carbocycles. The van der Waals surface area contributed by atoms with Crippen molar-refractivity contribution in [1.82, 2.24) is 4.98 Å². The average Bonchev–Trinajstić information content (AvgIpc) is 3.12. The van der Waals surface area contributed by atoms with Crippen molar-refractivity contribution in [2.75, 3.05) is 56.8 Å². The number of thiazole rings is 1. The Morgan fingerprint density at radius 1 is 1.23 bits per heavy atom. The molecule has 2 aliphatic heterocycles. The van der Waals surface area contributed by atoms with Gasteiger partial charge >= 0.3 is 0 Å². The molecule has 3 heterocycles. The van der Waals surface area contributed by atoms with Crippen molar-refractivity contribution in [3.8, 4) is 5.75 Å². The first-order valence-electron chi connectivity index (χ1n) is 8.95. The van der Waals surface area contributed by atoms with Crippen LogP contribution < -0.4 is 15.0 Å². The Kier molecular flexibility index (Phi) is 5.23. The van der Waals surface area contributed by atoms with Gasteiger partial charge in [-0.2, -0.15) is 0 Å². The van der Waals surface area contributed by atoms with Crippen LogP contribution in [0.4, 0.5) is 10.8 Å². The van der Waals surface area contributed by atoms with Gasteiger partial charge in [-0.25, -0.2) is 4.98 Å². The quantitative estimate of drug-likeness (QED) is 0.883. The van der Waals surface area contributed by atoms with Crippen LogP contribution in [0.25, 0.3) is 10.2 Å². The molecular weight excluding hydrogens is 354 g/mol. The Morgan fingerprint density at radius 3 is 2.69 bits per heavy atom. The number of nitrogens with one attached hydrogen (secondary N) is 1. The second kappa shape index (κ2) is 7.77. The molecule has 1 N–H and O–H groups in total. The molecule has 2 saturated heterocycles. The first kappa shape index (κ1) is 17.5. The van der Waals surface area contributed by atoms with Crippen LogP contribution in [0.1, 0.15) is 12.8 Å². The fraction of sp³-hybridized carbons (Fsp3) is 0.556. The highest BCUT2D eigenvalue weighted by Gasteiger charge is 2.24. The lowest BCUT2D eigenvalue weighted by molar-refractivity contribution is -0.122. The average molecular weight is 377 g/mol.